The minimum absolute atomic E-state index is 0.634. The van der Waals surface area contributed by atoms with Gasteiger partial charge in [0.05, 0.1) is 11.0 Å². The molecule has 0 atom stereocenters. The monoisotopic (exact) mass is 380 g/mol. The predicted octanol–water partition coefficient (Wildman–Crippen LogP) is 4.60. The molecule has 0 saturated carbocycles. The van der Waals surface area contributed by atoms with Gasteiger partial charge in [-0.2, -0.15) is 4.98 Å². The lowest BCUT2D eigenvalue weighted by Gasteiger charge is -2.02. The van der Waals surface area contributed by atoms with E-state index < -0.39 is 0 Å². The van der Waals surface area contributed by atoms with E-state index in [1.807, 2.05) is 52.5 Å². The van der Waals surface area contributed by atoms with Gasteiger partial charge in [-0.05, 0) is 35.9 Å². The van der Waals surface area contributed by atoms with Crippen LogP contribution in [0.1, 0.15) is 5.56 Å². The molecule has 5 aromatic rings. The van der Waals surface area contributed by atoms with Crippen molar-refractivity contribution in [3.05, 3.63) is 64.6 Å². The second-order valence-electron chi connectivity index (χ2n) is 5.84. The van der Waals surface area contributed by atoms with Crippen LogP contribution in [0.25, 0.3) is 27.4 Å². The summed E-state index contributed by atoms with van der Waals surface area (Å²) in [4.78, 5) is 13.5. The Morgan fingerprint density at radius 3 is 2.81 bits per heavy atom. The fourth-order valence-electron chi connectivity index (χ4n) is 2.85. The van der Waals surface area contributed by atoms with Gasteiger partial charge in [-0.25, -0.2) is 14.5 Å². The third kappa shape index (κ3) is 2.71. The molecule has 0 unspecified atom stereocenters. The van der Waals surface area contributed by atoms with Crippen LogP contribution in [0.15, 0.2) is 54.0 Å². The van der Waals surface area contributed by atoms with Crippen molar-refractivity contribution in [2.24, 2.45) is 0 Å². The molecule has 0 aliphatic carbocycles. The van der Waals surface area contributed by atoms with Gasteiger partial charge < -0.3 is 5.32 Å². The van der Waals surface area contributed by atoms with Crippen LogP contribution in [-0.2, 0) is 6.54 Å². The van der Waals surface area contributed by atoms with Crippen LogP contribution in [0, 0.1) is 0 Å². The van der Waals surface area contributed by atoms with Crippen molar-refractivity contribution >= 4 is 45.7 Å². The van der Waals surface area contributed by atoms with Crippen LogP contribution in [0.5, 0.6) is 0 Å². The Morgan fingerprint density at radius 1 is 1.12 bits per heavy atom. The molecule has 0 aliphatic heterocycles. The summed E-state index contributed by atoms with van der Waals surface area (Å²) in [5.41, 5.74) is 4.06. The Bertz CT molecular complexity index is 1190. The first kappa shape index (κ1) is 15.4. The van der Waals surface area contributed by atoms with Gasteiger partial charge in [-0.15, -0.1) is 11.3 Å². The van der Waals surface area contributed by atoms with Gasteiger partial charge in [0.25, 0.3) is 5.78 Å². The fourth-order valence-corrected chi connectivity index (χ4v) is 3.61. The maximum absolute atomic E-state index is 5.91. The number of hydrogen-bond acceptors (Lipinski definition) is 5. The second-order valence-corrected chi connectivity index (χ2v) is 7.17. The van der Waals surface area contributed by atoms with E-state index in [2.05, 4.69) is 31.4 Å². The van der Waals surface area contributed by atoms with Crippen molar-refractivity contribution in [2.75, 3.05) is 5.32 Å². The standard InChI is InChI=1S/C18H13ClN6S/c19-13-4-1-11(2-5-13)10-21-17-23-18-22-14-9-12(16-20-7-8-26-16)3-6-15(14)25(18)24-17/h1-9H,10H2,(H2,21,22,23,24). The number of aromatic nitrogens is 5. The third-order valence-corrected chi connectivity index (χ3v) is 5.19. The number of aromatic amines is 1. The van der Waals surface area contributed by atoms with Crippen molar-refractivity contribution in [3.8, 4) is 10.6 Å². The van der Waals surface area contributed by atoms with Crippen LogP contribution in [-0.4, -0.2) is 24.6 Å². The molecule has 0 spiro atoms. The maximum atomic E-state index is 5.91. The van der Waals surface area contributed by atoms with E-state index in [9.17, 15) is 0 Å². The highest BCUT2D eigenvalue weighted by molar-refractivity contribution is 7.13. The highest BCUT2D eigenvalue weighted by atomic mass is 35.5. The highest BCUT2D eigenvalue weighted by Crippen LogP contribution is 2.26. The second kappa shape index (κ2) is 6.12. The van der Waals surface area contributed by atoms with E-state index in [-0.39, 0.29) is 0 Å². The summed E-state index contributed by atoms with van der Waals surface area (Å²) in [7, 11) is 0. The van der Waals surface area contributed by atoms with E-state index in [1.165, 1.54) is 0 Å². The summed E-state index contributed by atoms with van der Waals surface area (Å²) in [5.74, 6) is 1.31. The Labute approximate surface area is 157 Å². The number of anilines is 1. The first-order chi connectivity index (χ1) is 12.8. The van der Waals surface area contributed by atoms with E-state index >= 15 is 0 Å². The van der Waals surface area contributed by atoms with Gasteiger partial charge in [0, 0.05) is 28.7 Å². The molecule has 3 aromatic heterocycles. The van der Waals surface area contributed by atoms with Crippen molar-refractivity contribution in [3.63, 3.8) is 0 Å². The van der Waals surface area contributed by atoms with Gasteiger partial charge in [0.1, 0.15) is 5.01 Å². The number of imidazole rings is 1. The molecule has 5 rings (SSSR count). The lowest BCUT2D eigenvalue weighted by atomic mass is 10.2. The first-order valence-electron chi connectivity index (χ1n) is 8.03. The van der Waals surface area contributed by atoms with Crippen LogP contribution in [0.4, 0.5) is 5.95 Å². The number of nitrogens with one attached hydrogen (secondary N) is 2. The van der Waals surface area contributed by atoms with Crippen LogP contribution in [0.3, 0.4) is 0 Å². The summed E-state index contributed by atoms with van der Waals surface area (Å²) < 4.78 is 1.88. The average molecular weight is 381 g/mol. The molecule has 0 bridgehead atoms. The number of benzene rings is 2. The molecule has 26 heavy (non-hydrogen) atoms. The van der Waals surface area contributed by atoms with Crippen LogP contribution >= 0.6 is 22.9 Å². The van der Waals surface area contributed by atoms with Crippen LogP contribution < -0.4 is 5.32 Å². The number of fused-ring (bicyclic) bond motifs is 3. The number of halogens is 1. The van der Waals surface area contributed by atoms with Gasteiger partial charge in [-0.3, -0.25) is 5.10 Å². The number of nitrogens with zero attached hydrogens (tertiary/aromatic N) is 4. The largest absolute Gasteiger partial charge is 0.351 e. The zero-order chi connectivity index (χ0) is 17.5. The molecule has 0 amide bonds. The lowest BCUT2D eigenvalue weighted by molar-refractivity contribution is 0.987. The van der Waals surface area contributed by atoms with E-state index in [4.69, 9.17) is 11.6 Å². The predicted molar refractivity (Wildman–Crippen MR) is 105 cm³/mol. The molecule has 128 valence electrons. The summed E-state index contributed by atoms with van der Waals surface area (Å²) in [5, 5.41) is 10.2. The summed E-state index contributed by atoms with van der Waals surface area (Å²) in [6, 6.07) is 13.8. The van der Waals surface area contributed by atoms with Gasteiger partial charge >= 0.3 is 0 Å². The topological polar surface area (TPSA) is 70.9 Å². The van der Waals surface area contributed by atoms with E-state index in [1.54, 1.807) is 11.3 Å². The molecule has 0 saturated heterocycles. The molecule has 0 aliphatic rings. The lowest BCUT2D eigenvalue weighted by Crippen LogP contribution is -2.01. The Morgan fingerprint density at radius 2 is 2.00 bits per heavy atom. The smallest absolute Gasteiger partial charge is 0.253 e. The third-order valence-electron chi connectivity index (χ3n) is 4.12. The maximum Gasteiger partial charge on any atom is 0.253 e. The molecule has 0 radical (unpaired) electrons. The Hall–Kier alpha value is -2.90. The fraction of sp³-hybridized carbons (Fsp3) is 0.0556. The van der Waals surface area contributed by atoms with Crippen molar-refractivity contribution < 1.29 is 0 Å². The average Bonchev–Trinajstić information content (AvgIpc) is 3.37. The molecule has 2 N–H and O–H groups in total. The van der Waals surface area contributed by atoms with Gasteiger partial charge in [-0.1, -0.05) is 23.7 Å². The van der Waals surface area contributed by atoms with E-state index in [0.29, 0.717) is 18.3 Å². The highest BCUT2D eigenvalue weighted by Gasteiger charge is 2.11. The quantitative estimate of drug-likeness (QED) is 0.478. The molecule has 0 fully saturated rings. The number of hydrogen-bond donors (Lipinski definition) is 2. The minimum atomic E-state index is 0.634. The zero-order valence-corrected chi connectivity index (χ0v) is 15.1. The number of H-pyrrole nitrogens is 1. The normalized spacial score (nSPS) is 11.4. The van der Waals surface area contributed by atoms with Gasteiger partial charge in [0.15, 0.2) is 0 Å². The van der Waals surface area contributed by atoms with Gasteiger partial charge in [0.2, 0.25) is 5.95 Å². The zero-order valence-electron chi connectivity index (χ0n) is 13.5. The van der Waals surface area contributed by atoms with Crippen LogP contribution in [0.2, 0.25) is 5.02 Å². The number of rotatable bonds is 4. The molecule has 3 heterocycles. The van der Waals surface area contributed by atoms with Crippen molar-refractivity contribution in [1.82, 2.24) is 24.6 Å². The molecule has 2 aromatic carbocycles. The molecular weight excluding hydrogens is 368 g/mol. The van der Waals surface area contributed by atoms with Crippen molar-refractivity contribution in [1.29, 1.82) is 0 Å². The summed E-state index contributed by atoms with van der Waals surface area (Å²) in [6.45, 7) is 0.653. The molecule has 6 nitrogen and oxygen atoms in total. The number of thiazole rings is 1. The first-order valence-corrected chi connectivity index (χ1v) is 9.28. The van der Waals surface area contributed by atoms with Crippen molar-refractivity contribution in [2.45, 2.75) is 6.54 Å². The minimum Gasteiger partial charge on any atom is -0.351 e. The SMILES string of the molecule is Clc1ccc(CNc2nc3nc4cc(-c5nccs5)ccc4n3[nH]2)cc1. The molecular formula is C18H13ClN6S. The van der Waals surface area contributed by atoms with E-state index in [0.717, 1.165) is 32.2 Å². The molecule has 8 heteroatoms. The summed E-state index contributed by atoms with van der Waals surface area (Å²) in [6.07, 6.45) is 1.81. The Balaban J connectivity index is 1.43. The Kier molecular flexibility index (Phi) is 3.62. The summed E-state index contributed by atoms with van der Waals surface area (Å²) >= 11 is 7.53.